The summed E-state index contributed by atoms with van der Waals surface area (Å²) >= 11 is 3.23. The van der Waals surface area contributed by atoms with E-state index in [0.717, 1.165) is 5.56 Å². The Morgan fingerprint density at radius 1 is 1.30 bits per heavy atom. The molecule has 4 nitrogen and oxygen atoms in total. The summed E-state index contributed by atoms with van der Waals surface area (Å²) in [6, 6.07) is 12.0. The number of nitrogens with one attached hydrogen (secondary N) is 1. The molecule has 0 aliphatic carbocycles. The SMILES string of the molecule is CC(N)c1cccc(NC(=O)c2ccc(Br)cc2O)c1. The Balaban J connectivity index is 2.21. The van der Waals surface area contributed by atoms with Crippen molar-refractivity contribution in [3.63, 3.8) is 0 Å². The van der Waals surface area contributed by atoms with Gasteiger partial charge in [0.15, 0.2) is 0 Å². The number of rotatable bonds is 3. The Kier molecular flexibility index (Phi) is 4.42. The second-order valence-corrected chi connectivity index (χ2v) is 5.45. The Labute approximate surface area is 125 Å². The lowest BCUT2D eigenvalue weighted by molar-refractivity contribution is 0.102. The normalized spacial score (nSPS) is 11.9. The Morgan fingerprint density at radius 2 is 2.05 bits per heavy atom. The van der Waals surface area contributed by atoms with Crippen molar-refractivity contribution < 1.29 is 9.90 Å². The molecule has 0 radical (unpaired) electrons. The molecule has 0 aliphatic heterocycles. The highest BCUT2D eigenvalue weighted by Gasteiger charge is 2.12. The molecule has 2 aromatic carbocycles. The lowest BCUT2D eigenvalue weighted by atomic mass is 10.1. The summed E-state index contributed by atoms with van der Waals surface area (Å²) in [6.45, 7) is 1.88. The summed E-state index contributed by atoms with van der Waals surface area (Å²) in [7, 11) is 0. The van der Waals surface area contributed by atoms with E-state index in [1.165, 1.54) is 6.07 Å². The molecule has 0 spiro atoms. The lowest BCUT2D eigenvalue weighted by Gasteiger charge is -2.10. The van der Waals surface area contributed by atoms with Crippen LogP contribution in [0.3, 0.4) is 0 Å². The largest absolute Gasteiger partial charge is 0.507 e. The van der Waals surface area contributed by atoms with Gasteiger partial charge in [0.05, 0.1) is 5.56 Å². The number of nitrogens with two attached hydrogens (primary N) is 1. The minimum Gasteiger partial charge on any atom is -0.507 e. The monoisotopic (exact) mass is 334 g/mol. The standard InChI is InChI=1S/C15H15BrN2O2/c1-9(17)10-3-2-4-12(7-10)18-15(20)13-6-5-11(16)8-14(13)19/h2-9,19H,17H2,1H3,(H,18,20). The molecule has 104 valence electrons. The zero-order chi connectivity index (χ0) is 14.7. The summed E-state index contributed by atoms with van der Waals surface area (Å²) in [6.07, 6.45) is 0. The summed E-state index contributed by atoms with van der Waals surface area (Å²) in [5.74, 6) is -0.433. The van der Waals surface area contributed by atoms with Crippen LogP contribution in [0.2, 0.25) is 0 Å². The number of hydrogen-bond donors (Lipinski definition) is 3. The molecule has 0 saturated carbocycles. The Hall–Kier alpha value is -1.85. The summed E-state index contributed by atoms with van der Waals surface area (Å²) in [4.78, 5) is 12.1. The van der Waals surface area contributed by atoms with Crippen molar-refractivity contribution in [3.8, 4) is 5.75 Å². The molecule has 0 bridgehead atoms. The van der Waals surface area contributed by atoms with Gasteiger partial charge in [-0.2, -0.15) is 0 Å². The predicted octanol–water partition coefficient (Wildman–Crippen LogP) is 3.43. The zero-order valence-electron chi connectivity index (χ0n) is 10.9. The van der Waals surface area contributed by atoms with Crippen LogP contribution in [0.25, 0.3) is 0 Å². The maximum atomic E-state index is 12.1. The molecular weight excluding hydrogens is 320 g/mol. The average Bonchev–Trinajstić information content (AvgIpc) is 2.38. The molecule has 2 rings (SSSR count). The van der Waals surface area contributed by atoms with Gasteiger partial charge in [0, 0.05) is 16.2 Å². The highest BCUT2D eigenvalue weighted by molar-refractivity contribution is 9.10. The number of benzene rings is 2. The molecule has 1 atom stereocenters. The Morgan fingerprint density at radius 3 is 2.70 bits per heavy atom. The van der Waals surface area contributed by atoms with Crippen LogP contribution in [0.4, 0.5) is 5.69 Å². The summed E-state index contributed by atoms with van der Waals surface area (Å²) < 4.78 is 0.713. The molecule has 0 saturated heterocycles. The summed E-state index contributed by atoms with van der Waals surface area (Å²) in [5.41, 5.74) is 7.61. The maximum Gasteiger partial charge on any atom is 0.259 e. The smallest absolute Gasteiger partial charge is 0.259 e. The minimum absolute atomic E-state index is 0.0692. The number of hydrogen-bond acceptors (Lipinski definition) is 3. The molecule has 0 aromatic heterocycles. The fourth-order valence-corrected chi connectivity index (χ4v) is 2.14. The highest BCUT2D eigenvalue weighted by atomic mass is 79.9. The van der Waals surface area contributed by atoms with E-state index in [-0.39, 0.29) is 23.3 Å². The molecule has 0 heterocycles. The number of phenolic OH excluding ortho intramolecular Hbond substituents is 1. The first kappa shape index (κ1) is 14.6. The number of aromatic hydroxyl groups is 1. The number of amides is 1. The van der Waals surface area contributed by atoms with Gasteiger partial charge in [0.25, 0.3) is 5.91 Å². The van der Waals surface area contributed by atoms with Crippen molar-refractivity contribution in [2.24, 2.45) is 5.73 Å². The molecule has 0 aliphatic rings. The van der Waals surface area contributed by atoms with Gasteiger partial charge >= 0.3 is 0 Å². The van der Waals surface area contributed by atoms with Crippen LogP contribution in [0.1, 0.15) is 28.9 Å². The highest BCUT2D eigenvalue weighted by Crippen LogP contribution is 2.23. The maximum absolute atomic E-state index is 12.1. The number of phenols is 1. The van der Waals surface area contributed by atoms with E-state index in [4.69, 9.17) is 5.73 Å². The van der Waals surface area contributed by atoms with Crippen molar-refractivity contribution in [2.45, 2.75) is 13.0 Å². The van der Waals surface area contributed by atoms with Crippen molar-refractivity contribution in [3.05, 3.63) is 58.1 Å². The van der Waals surface area contributed by atoms with Gasteiger partial charge in [-0.25, -0.2) is 0 Å². The van der Waals surface area contributed by atoms with Gasteiger partial charge in [0.2, 0.25) is 0 Å². The first-order valence-corrected chi connectivity index (χ1v) is 6.92. The van der Waals surface area contributed by atoms with Crippen LogP contribution in [-0.4, -0.2) is 11.0 Å². The molecule has 0 fully saturated rings. The van der Waals surface area contributed by atoms with Crippen LogP contribution >= 0.6 is 15.9 Å². The van der Waals surface area contributed by atoms with Crippen molar-refractivity contribution in [2.75, 3.05) is 5.32 Å². The van der Waals surface area contributed by atoms with Crippen molar-refractivity contribution >= 4 is 27.5 Å². The number of carbonyl (C=O) groups excluding carboxylic acids is 1. The van der Waals surface area contributed by atoms with Gasteiger partial charge in [-0.3, -0.25) is 4.79 Å². The van der Waals surface area contributed by atoms with Crippen LogP contribution in [0.15, 0.2) is 46.9 Å². The van der Waals surface area contributed by atoms with Gasteiger partial charge < -0.3 is 16.2 Å². The fraction of sp³-hybridized carbons (Fsp3) is 0.133. The number of anilines is 1. The number of carbonyl (C=O) groups is 1. The van der Waals surface area contributed by atoms with Gasteiger partial charge in [-0.05, 0) is 42.8 Å². The lowest BCUT2D eigenvalue weighted by Crippen LogP contribution is -2.13. The van der Waals surface area contributed by atoms with Gasteiger partial charge in [-0.1, -0.05) is 28.1 Å². The predicted molar refractivity (Wildman–Crippen MR) is 82.8 cm³/mol. The van der Waals surface area contributed by atoms with Gasteiger partial charge in [-0.15, -0.1) is 0 Å². The van der Waals surface area contributed by atoms with E-state index >= 15 is 0 Å². The third kappa shape index (κ3) is 3.37. The first-order chi connectivity index (χ1) is 9.47. The van der Waals surface area contributed by atoms with Gasteiger partial charge in [0.1, 0.15) is 5.75 Å². The molecule has 20 heavy (non-hydrogen) atoms. The molecule has 4 N–H and O–H groups in total. The van der Waals surface area contributed by atoms with E-state index in [2.05, 4.69) is 21.2 Å². The van der Waals surface area contributed by atoms with Crippen LogP contribution in [0, 0.1) is 0 Å². The molecule has 2 aromatic rings. The fourth-order valence-electron chi connectivity index (χ4n) is 1.79. The second kappa shape index (κ2) is 6.07. The quantitative estimate of drug-likeness (QED) is 0.804. The molecular formula is C15H15BrN2O2. The summed E-state index contributed by atoms with van der Waals surface area (Å²) in [5, 5.41) is 12.5. The zero-order valence-corrected chi connectivity index (χ0v) is 12.5. The van der Waals surface area contributed by atoms with E-state index in [1.807, 2.05) is 25.1 Å². The van der Waals surface area contributed by atoms with E-state index in [0.29, 0.717) is 10.2 Å². The third-order valence-electron chi connectivity index (χ3n) is 2.87. The minimum atomic E-state index is -0.364. The molecule has 1 amide bonds. The second-order valence-electron chi connectivity index (χ2n) is 4.53. The van der Waals surface area contributed by atoms with Crippen molar-refractivity contribution in [1.29, 1.82) is 0 Å². The van der Waals surface area contributed by atoms with Crippen molar-refractivity contribution in [1.82, 2.24) is 0 Å². The van der Waals surface area contributed by atoms with E-state index < -0.39 is 0 Å². The Bertz CT molecular complexity index is 642. The molecule has 1 unspecified atom stereocenters. The van der Waals surface area contributed by atoms with E-state index in [1.54, 1.807) is 18.2 Å². The topological polar surface area (TPSA) is 75.3 Å². The van der Waals surface area contributed by atoms with Crippen LogP contribution in [0.5, 0.6) is 5.75 Å². The third-order valence-corrected chi connectivity index (χ3v) is 3.37. The van der Waals surface area contributed by atoms with E-state index in [9.17, 15) is 9.90 Å². The molecule has 5 heteroatoms. The first-order valence-electron chi connectivity index (χ1n) is 6.13. The average molecular weight is 335 g/mol. The number of halogens is 1. The van der Waals surface area contributed by atoms with Crippen LogP contribution < -0.4 is 11.1 Å². The van der Waals surface area contributed by atoms with Crippen LogP contribution in [-0.2, 0) is 0 Å².